The summed E-state index contributed by atoms with van der Waals surface area (Å²) < 4.78 is 16.3. The second-order valence-corrected chi connectivity index (χ2v) is 5.70. The third kappa shape index (κ3) is 6.09. The molecule has 0 atom stereocenters. The molecule has 0 unspecified atom stereocenters. The van der Waals surface area contributed by atoms with Crippen molar-refractivity contribution >= 4 is 45.9 Å². The zero-order valence-electron chi connectivity index (χ0n) is 13.0. The van der Waals surface area contributed by atoms with Gasteiger partial charge in [-0.2, -0.15) is 5.10 Å². The number of hydrogen-bond donors (Lipinski definition) is 2. The number of guanidine groups is 1. The minimum atomic E-state index is -0.192. The third-order valence-electron chi connectivity index (χ3n) is 3.28. The normalized spacial score (nSPS) is 11.0. The molecule has 2 rings (SSSR count). The molecule has 0 aliphatic heterocycles. The molecule has 0 bridgehead atoms. The van der Waals surface area contributed by atoms with Crippen LogP contribution in [0.2, 0.25) is 0 Å². The van der Waals surface area contributed by atoms with E-state index in [0.29, 0.717) is 31.0 Å². The number of aryl methyl sites for hydroxylation is 1. The van der Waals surface area contributed by atoms with Gasteiger partial charge in [-0.25, -0.2) is 4.39 Å². The lowest BCUT2D eigenvalue weighted by Gasteiger charge is -2.12. The van der Waals surface area contributed by atoms with Crippen molar-refractivity contribution < 1.29 is 4.39 Å². The quantitative estimate of drug-likeness (QED) is 0.381. The Balaban J connectivity index is 0.00000264. The average molecular weight is 496 g/mol. The predicted molar refractivity (Wildman–Crippen MR) is 105 cm³/mol. The molecule has 23 heavy (non-hydrogen) atoms. The van der Waals surface area contributed by atoms with Crippen LogP contribution < -0.4 is 10.6 Å². The first kappa shape index (κ1) is 19.9. The number of nitrogens with zero attached hydrogens (tertiary/aromatic N) is 3. The molecule has 2 N–H and O–H groups in total. The summed E-state index contributed by atoms with van der Waals surface area (Å²) in [5.41, 5.74) is 1.73. The van der Waals surface area contributed by atoms with E-state index in [1.165, 1.54) is 6.07 Å². The Morgan fingerprint density at radius 3 is 2.78 bits per heavy atom. The smallest absolute Gasteiger partial charge is 0.191 e. The number of hydrogen-bond acceptors (Lipinski definition) is 2. The van der Waals surface area contributed by atoms with E-state index in [2.05, 4.69) is 36.7 Å². The van der Waals surface area contributed by atoms with Gasteiger partial charge in [0.05, 0.1) is 12.2 Å². The molecule has 0 saturated carbocycles. The van der Waals surface area contributed by atoms with Crippen molar-refractivity contribution in [2.45, 2.75) is 13.0 Å². The van der Waals surface area contributed by atoms with Crippen molar-refractivity contribution in [3.8, 4) is 0 Å². The van der Waals surface area contributed by atoms with Gasteiger partial charge >= 0.3 is 0 Å². The summed E-state index contributed by atoms with van der Waals surface area (Å²) in [5.74, 6) is 0.486. The van der Waals surface area contributed by atoms with Crippen molar-refractivity contribution in [1.82, 2.24) is 20.4 Å². The summed E-state index contributed by atoms with van der Waals surface area (Å²) in [4.78, 5) is 4.15. The largest absolute Gasteiger partial charge is 0.356 e. The van der Waals surface area contributed by atoms with Gasteiger partial charge in [-0.1, -0.05) is 15.9 Å². The van der Waals surface area contributed by atoms with Gasteiger partial charge in [0.1, 0.15) is 5.82 Å². The molecule has 2 aromatic rings. The zero-order valence-corrected chi connectivity index (χ0v) is 16.9. The van der Waals surface area contributed by atoms with Gasteiger partial charge in [0, 0.05) is 31.3 Å². The summed E-state index contributed by atoms with van der Waals surface area (Å²) in [7, 11) is 3.60. The van der Waals surface area contributed by atoms with Gasteiger partial charge < -0.3 is 10.6 Å². The molecule has 1 aromatic carbocycles. The molecule has 0 aliphatic carbocycles. The molecule has 1 heterocycles. The van der Waals surface area contributed by atoms with Crippen LogP contribution in [0.1, 0.15) is 11.3 Å². The summed E-state index contributed by atoms with van der Waals surface area (Å²) >= 11 is 3.35. The van der Waals surface area contributed by atoms with Crippen LogP contribution in [0.15, 0.2) is 39.9 Å². The van der Waals surface area contributed by atoms with E-state index in [4.69, 9.17) is 0 Å². The molecule has 1 aromatic heterocycles. The van der Waals surface area contributed by atoms with Crippen molar-refractivity contribution in [2.24, 2.45) is 12.0 Å². The minimum absolute atomic E-state index is 0. The first-order valence-corrected chi connectivity index (χ1v) is 7.75. The van der Waals surface area contributed by atoms with E-state index in [0.717, 1.165) is 10.2 Å². The first-order valence-electron chi connectivity index (χ1n) is 6.95. The monoisotopic (exact) mass is 495 g/mol. The maximum Gasteiger partial charge on any atom is 0.191 e. The predicted octanol–water partition coefficient (Wildman–Crippen LogP) is 2.85. The van der Waals surface area contributed by atoms with Crippen LogP contribution in [0.4, 0.5) is 4.39 Å². The lowest BCUT2D eigenvalue weighted by atomic mass is 10.1. The zero-order chi connectivity index (χ0) is 15.9. The van der Waals surface area contributed by atoms with E-state index in [9.17, 15) is 4.39 Å². The summed E-state index contributed by atoms with van der Waals surface area (Å²) in [5, 5.41) is 10.5. The molecule has 0 fully saturated rings. The van der Waals surface area contributed by atoms with Crippen LogP contribution in [0, 0.1) is 5.82 Å². The van der Waals surface area contributed by atoms with Gasteiger partial charge in [-0.3, -0.25) is 9.67 Å². The van der Waals surface area contributed by atoms with E-state index < -0.39 is 0 Å². The highest BCUT2D eigenvalue weighted by Gasteiger charge is 2.04. The maximum absolute atomic E-state index is 13.7. The van der Waals surface area contributed by atoms with Gasteiger partial charge in [0.25, 0.3) is 0 Å². The summed E-state index contributed by atoms with van der Waals surface area (Å²) in [6, 6.07) is 6.90. The highest BCUT2D eigenvalue weighted by molar-refractivity contribution is 14.0. The fourth-order valence-corrected chi connectivity index (χ4v) is 2.43. The molecule has 126 valence electrons. The number of aliphatic imine (C=N–C) groups is 1. The number of rotatable bonds is 5. The Bertz CT molecular complexity index is 659. The molecule has 8 heteroatoms. The molecule has 5 nitrogen and oxygen atoms in total. The minimum Gasteiger partial charge on any atom is -0.356 e. The molecular formula is C15H20BrFIN5. The second-order valence-electron chi connectivity index (χ2n) is 4.78. The van der Waals surface area contributed by atoms with Crippen molar-refractivity contribution in [3.63, 3.8) is 0 Å². The first-order chi connectivity index (χ1) is 10.6. The fourth-order valence-electron chi connectivity index (χ4n) is 2.02. The molecular weight excluding hydrogens is 476 g/mol. The fraction of sp³-hybridized carbons (Fsp3) is 0.333. The van der Waals surface area contributed by atoms with Crippen LogP contribution in [0.3, 0.4) is 0 Å². The molecule has 0 spiro atoms. The molecule has 0 radical (unpaired) electrons. The van der Waals surface area contributed by atoms with Gasteiger partial charge in [-0.05, 0) is 36.2 Å². The van der Waals surface area contributed by atoms with Crippen LogP contribution in [0.25, 0.3) is 0 Å². The van der Waals surface area contributed by atoms with E-state index in [1.54, 1.807) is 30.1 Å². The third-order valence-corrected chi connectivity index (χ3v) is 3.77. The second kappa shape index (κ2) is 9.86. The Labute approximate surface area is 160 Å². The van der Waals surface area contributed by atoms with Gasteiger partial charge in [0.15, 0.2) is 5.96 Å². The Morgan fingerprint density at radius 2 is 2.13 bits per heavy atom. The van der Waals surface area contributed by atoms with E-state index >= 15 is 0 Å². The Morgan fingerprint density at radius 1 is 1.35 bits per heavy atom. The van der Waals surface area contributed by atoms with Crippen molar-refractivity contribution in [1.29, 1.82) is 0 Å². The number of nitrogens with one attached hydrogen (secondary N) is 2. The highest BCUT2D eigenvalue weighted by Crippen LogP contribution is 2.15. The van der Waals surface area contributed by atoms with E-state index in [1.807, 2.05) is 13.1 Å². The van der Waals surface area contributed by atoms with Crippen LogP contribution in [-0.2, 0) is 20.0 Å². The molecule has 0 amide bonds. The van der Waals surface area contributed by atoms with Gasteiger partial charge in [-0.15, -0.1) is 24.0 Å². The van der Waals surface area contributed by atoms with Crippen molar-refractivity contribution in [3.05, 3.63) is 52.0 Å². The topological polar surface area (TPSA) is 54.2 Å². The van der Waals surface area contributed by atoms with Crippen LogP contribution in [-0.4, -0.2) is 29.3 Å². The lowest BCUT2D eigenvalue weighted by Crippen LogP contribution is -2.38. The summed E-state index contributed by atoms with van der Waals surface area (Å²) in [6.45, 7) is 1.22. The number of aromatic nitrogens is 2. The van der Waals surface area contributed by atoms with E-state index in [-0.39, 0.29) is 29.8 Å². The summed E-state index contributed by atoms with van der Waals surface area (Å²) in [6.07, 6.45) is 2.33. The standard InChI is InChI=1S/C15H19BrFN5.HI/c1-18-15(20-10-13-6-8-21-22(13)2)19-7-5-11-9-12(16)3-4-14(11)17;/h3-4,6,8-9H,5,7,10H2,1-2H3,(H2,18,19,20);1H. The SMILES string of the molecule is CN=C(NCCc1cc(Br)ccc1F)NCc1ccnn1C.I. The molecule has 0 aliphatic rings. The molecule has 0 saturated heterocycles. The number of benzene rings is 1. The lowest BCUT2D eigenvalue weighted by molar-refractivity contribution is 0.606. The Hall–Kier alpha value is -1.16. The maximum atomic E-state index is 13.7. The van der Waals surface area contributed by atoms with Crippen LogP contribution in [0.5, 0.6) is 0 Å². The number of halogens is 3. The highest BCUT2D eigenvalue weighted by atomic mass is 127. The van der Waals surface area contributed by atoms with Gasteiger partial charge in [0.2, 0.25) is 0 Å². The van der Waals surface area contributed by atoms with Crippen LogP contribution >= 0.6 is 39.9 Å². The Kier molecular flexibility index (Phi) is 8.53. The average Bonchev–Trinajstić information content (AvgIpc) is 2.91. The van der Waals surface area contributed by atoms with Crippen molar-refractivity contribution in [2.75, 3.05) is 13.6 Å².